The number of fused-ring (bicyclic) bond motifs is 3. The number of aromatic hydroxyl groups is 1. The van der Waals surface area contributed by atoms with Crippen molar-refractivity contribution in [3.05, 3.63) is 89.5 Å². The molecule has 1 aliphatic rings. The van der Waals surface area contributed by atoms with Crippen LogP contribution in [0.3, 0.4) is 0 Å². The number of rotatable bonds is 6. The van der Waals surface area contributed by atoms with E-state index in [2.05, 4.69) is 0 Å². The summed E-state index contributed by atoms with van der Waals surface area (Å²) >= 11 is 0. The van der Waals surface area contributed by atoms with Crippen LogP contribution in [0.5, 0.6) is 5.75 Å². The van der Waals surface area contributed by atoms with Gasteiger partial charge in [0.1, 0.15) is 12.4 Å². The average Bonchev–Trinajstić information content (AvgIpc) is 3.06. The molecule has 152 valence electrons. The smallest absolute Gasteiger partial charge is 0.322 e. The second kappa shape index (κ2) is 8.00. The van der Waals surface area contributed by atoms with Crippen LogP contribution in [0.25, 0.3) is 11.1 Å². The van der Waals surface area contributed by atoms with Gasteiger partial charge in [0.2, 0.25) is 0 Å². The number of nitrogens with two attached hydrogens (primary N) is 1. The molecule has 0 radical (unpaired) electrons. The molecular weight excluding hydrogens is 382 g/mol. The Bertz CT molecular complexity index is 1050. The summed E-state index contributed by atoms with van der Waals surface area (Å²) in [4.78, 5) is 24.5. The molecule has 3 aromatic rings. The van der Waals surface area contributed by atoms with E-state index in [1.54, 1.807) is 0 Å². The molecule has 3 aromatic carbocycles. The van der Waals surface area contributed by atoms with Gasteiger partial charge in [0, 0.05) is 5.92 Å². The number of esters is 1. The molecule has 30 heavy (non-hydrogen) atoms. The fourth-order valence-electron chi connectivity index (χ4n) is 3.98. The molecule has 0 bridgehead atoms. The highest BCUT2D eigenvalue weighted by atomic mass is 16.5. The van der Waals surface area contributed by atoms with Crippen LogP contribution < -0.4 is 5.73 Å². The van der Waals surface area contributed by atoms with E-state index in [0.29, 0.717) is 5.56 Å². The van der Waals surface area contributed by atoms with Gasteiger partial charge in [-0.3, -0.25) is 9.59 Å². The molecule has 4 N–H and O–H groups in total. The van der Waals surface area contributed by atoms with Crippen LogP contribution in [0.2, 0.25) is 0 Å². The van der Waals surface area contributed by atoms with Crippen molar-refractivity contribution in [3.8, 4) is 16.9 Å². The summed E-state index contributed by atoms with van der Waals surface area (Å²) in [6.45, 7) is 0.0267. The second-order valence-corrected chi connectivity index (χ2v) is 7.29. The first-order valence-electron chi connectivity index (χ1n) is 9.59. The second-order valence-electron chi connectivity index (χ2n) is 7.29. The Hall–Kier alpha value is -3.64. The molecule has 0 aromatic heterocycles. The Kier molecular flexibility index (Phi) is 5.25. The Labute approximate surface area is 173 Å². The zero-order chi connectivity index (χ0) is 21.3. The summed E-state index contributed by atoms with van der Waals surface area (Å²) < 4.78 is 5.48. The fourth-order valence-corrected chi connectivity index (χ4v) is 3.98. The molecule has 4 rings (SSSR count). The van der Waals surface area contributed by atoms with Crippen molar-refractivity contribution in [2.75, 3.05) is 6.61 Å². The predicted octanol–water partition coefficient (Wildman–Crippen LogP) is 3.45. The topological polar surface area (TPSA) is 110 Å². The van der Waals surface area contributed by atoms with E-state index in [4.69, 9.17) is 10.5 Å². The minimum Gasteiger partial charge on any atom is -0.508 e. The fraction of sp³-hybridized carbons (Fsp3) is 0.167. The van der Waals surface area contributed by atoms with Gasteiger partial charge in [-0.1, -0.05) is 60.7 Å². The summed E-state index contributed by atoms with van der Waals surface area (Å²) in [7, 11) is 0. The van der Waals surface area contributed by atoms with Crippen molar-refractivity contribution >= 4 is 11.9 Å². The number of hydrogen-bond acceptors (Lipinski definition) is 5. The number of carboxylic acids is 1. The van der Waals surface area contributed by atoms with Crippen molar-refractivity contribution < 1.29 is 24.5 Å². The van der Waals surface area contributed by atoms with Crippen LogP contribution in [-0.4, -0.2) is 28.8 Å². The maximum absolute atomic E-state index is 12.7. The summed E-state index contributed by atoms with van der Waals surface area (Å²) in [5, 5.41) is 19.0. The van der Waals surface area contributed by atoms with Crippen LogP contribution in [0.1, 0.15) is 28.7 Å². The van der Waals surface area contributed by atoms with Gasteiger partial charge in [-0.15, -0.1) is 0 Å². The quantitative estimate of drug-likeness (QED) is 0.430. The number of carbonyl (C=O) groups excluding carboxylic acids is 1. The third kappa shape index (κ3) is 3.53. The van der Waals surface area contributed by atoms with E-state index in [9.17, 15) is 19.8 Å². The summed E-state index contributed by atoms with van der Waals surface area (Å²) in [6, 6.07) is 20.5. The number of hydrogen-bond donors (Lipinski definition) is 3. The van der Waals surface area contributed by atoms with Gasteiger partial charge in [-0.25, -0.2) is 0 Å². The Morgan fingerprint density at radius 1 is 0.900 bits per heavy atom. The molecule has 2 atom stereocenters. The van der Waals surface area contributed by atoms with E-state index in [1.807, 2.05) is 48.5 Å². The number of benzene rings is 3. The normalized spacial score (nSPS) is 14.4. The molecule has 0 unspecified atom stereocenters. The summed E-state index contributed by atoms with van der Waals surface area (Å²) in [5.41, 5.74) is 10.8. The maximum atomic E-state index is 12.7. The third-order valence-electron chi connectivity index (χ3n) is 5.51. The van der Waals surface area contributed by atoms with Crippen LogP contribution in [-0.2, 0) is 14.3 Å². The maximum Gasteiger partial charge on any atom is 0.322 e. The number of carbonyl (C=O) groups is 2. The molecular formula is C24H21NO5. The number of phenolic OH excluding ortho intramolecular Hbond substituents is 1. The van der Waals surface area contributed by atoms with Gasteiger partial charge in [-0.05, 0) is 39.9 Å². The summed E-state index contributed by atoms with van der Waals surface area (Å²) in [5.74, 6) is -3.93. The molecule has 0 amide bonds. The molecule has 0 saturated heterocycles. The van der Waals surface area contributed by atoms with E-state index in [-0.39, 0.29) is 18.3 Å². The predicted molar refractivity (Wildman–Crippen MR) is 111 cm³/mol. The van der Waals surface area contributed by atoms with Gasteiger partial charge in [0.05, 0.1) is 6.04 Å². The lowest BCUT2D eigenvalue weighted by atomic mass is 9.93. The van der Waals surface area contributed by atoms with Crippen LogP contribution >= 0.6 is 0 Å². The van der Waals surface area contributed by atoms with Gasteiger partial charge < -0.3 is 20.7 Å². The summed E-state index contributed by atoms with van der Waals surface area (Å²) in [6.07, 6.45) is 0. The first-order chi connectivity index (χ1) is 14.5. The highest BCUT2D eigenvalue weighted by molar-refractivity contribution is 5.95. The molecule has 0 fully saturated rings. The number of ether oxygens (including phenoxy) is 1. The number of aliphatic carboxylic acids is 1. The van der Waals surface area contributed by atoms with Gasteiger partial charge in [0.15, 0.2) is 5.92 Å². The van der Waals surface area contributed by atoms with E-state index in [1.165, 1.54) is 24.3 Å². The van der Waals surface area contributed by atoms with Crippen molar-refractivity contribution in [3.63, 3.8) is 0 Å². The Balaban J connectivity index is 1.54. The molecule has 0 spiro atoms. The van der Waals surface area contributed by atoms with Crippen molar-refractivity contribution in [2.24, 2.45) is 11.7 Å². The van der Waals surface area contributed by atoms with Gasteiger partial charge in [0.25, 0.3) is 0 Å². The van der Waals surface area contributed by atoms with Gasteiger partial charge in [-0.2, -0.15) is 0 Å². The SMILES string of the molecule is N[C@@H](c1ccc(O)cc1)[C@H](C(=O)O)C(=O)OCC1c2ccccc2-c2ccccc21. The molecule has 6 nitrogen and oxygen atoms in total. The highest BCUT2D eigenvalue weighted by Gasteiger charge is 2.37. The largest absolute Gasteiger partial charge is 0.508 e. The molecule has 0 aliphatic heterocycles. The molecule has 6 heteroatoms. The minimum atomic E-state index is -1.55. The number of carboxylic acid groups (broad SMARTS) is 1. The van der Waals surface area contributed by atoms with E-state index in [0.717, 1.165) is 22.3 Å². The van der Waals surface area contributed by atoms with E-state index < -0.39 is 23.9 Å². The number of phenols is 1. The lowest BCUT2D eigenvalue weighted by Crippen LogP contribution is -2.36. The van der Waals surface area contributed by atoms with Gasteiger partial charge >= 0.3 is 11.9 Å². The third-order valence-corrected chi connectivity index (χ3v) is 5.51. The Morgan fingerprint density at radius 2 is 1.43 bits per heavy atom. The van der Waals surface area contributed by atoms with E-state index >= 15 is 0 Å². The molecule has 0 saturated carbocycles. The molecule has 0 heterocycles. The minimum absolute atomic E-state index is 0.0267. The van der Waals surface area contributed by atoms with Crippen LogP contribution in [0, 0.1) is 5.92 Å². The average molecular weight is 403 g/mol. The highest BCUT2D eigenvalue weighted by Crippen LogP contribution is 2.44. The lowest BCUT2D eigenvalue weighted by molar-refractivity contribution is -0.160. The Morgan fingerprint density at radius 3 is 1.97 bits per heavy atom. The standard InChI is InChI=1S/C24H21NO5/c25-22(14-9-11-15(26)12-10-14)21(23(27)28)24(29)30-13-20-18-7-3-1-5-16(18)17-6-2-4-8-19(17)20/h1-12,20-22,26H,13,25H2,(H,27,28)/t21-,22+/m1/s1. The van der Waals surface area contributed by atoms with Crippen LogP contribution in [0.4, 0.5) is 0 Å². The van der Waals surface area contributed by atoms with Crippen LogP contribution in [0.15, 0.2) is 72.8 Å². The van der Waals surface area contributed by atoms with Crippen molar-refractivity contribution in [1.29, 1.82) is 0 Å². The lowest BCUT2D eigenvalue weighted by Gasteiger charge is -2.21. The monoisotopic (exact) mass is 403 g/mol. The zero-order valence-electron chi connectivity index (χ0n) is 16.1. The molecule has 1 aliphatic carbocycles. The first kappa shape index (κ1) is 19.7. The zero-order valence-corrected chi connectivity index (χ0v) is 16.1. The van der Waals surface area contributed by atoms with Crippen molar-refractivity contribution in [1.82, 2.24) is 0 Å². The first-order valence-corrected chi connectivity index (χ1v) is 9.59. The van der Waals surface area contributed by atoms with Crippen molar-refractivity contribution in [2.45, 2.75) is 12.0 Å².